The number of para-hydroxylation sites is 1. The lowest BCUT2D eigenvalue weighted by molar-refractivity contribution is 0.593. The van der Waals surface area contributed by atoms with Gasteiger partial charge in [-0.15, -0.1) is 0 Å². The number of hydrogen-bond acceptors (Lipinski definition) is 2. The van der Waals surface area contributed by atoms with Crippen LogP contribution in [0.4, 0.5) is 4.39 Å². The van der Waals surface area contributed by atoms with Crippen molar-refractivity contribution in [1.82, 2.24) is 9.78 Å². The van der Waals surface area contributed by atoms with E-state index in [-0.39, 0.29) is 11.4 Å². The van der Waals surface area contributed by atoms with Crippen LogP contribution in [0.5, 0.6) is 0 Å². The van der Waals surface area contributed by atoms with Crippen molar-refractivity contribution in [3.8, 4) is 5.69 Å². The molecule has 1 fully saturated rings. The molecule has 2 aromatic rings. The van der Waals surface area contributed by atoms with Gasteiger partial charge in [-0.1, -0.05) is 12.1 Å². The van der Waals surface area contributed by atoms with E-state index in [9.17, 15) is 4.39 Å². The smallest absolute Gasteiger partial charge is 0.148 e. The fourth-order valence-electron chi connectivity index (χ4n) is 2.00. The van der Waals surface area contributed by atoms with Gasteiger partial charge in [-0.25, -0.2) is 9.07 Å². The Balaban J connectivity index is 1.98. The molecule has 1 aromatic heterocycles. The minimum absolute atomic E-state index is 0.0942. The van der Waals surface area contributed by atoms with E-state index in [1.54, 1.807) is 29.1 Å². The van der Waals surface area contributed by atoms with Crippen molar-refractivity contribution in [2.45, 2.75) is 24.8 Å². The molecule has 0 saturated heterocycles. The molecule has 1 aliphatic carbocycles. The maximum atomic E-state index is 13.7. The molecule has 1 heterocycles. The van der Waals surface area contributed by atoms with Crippen LogP contribution in [-0.4, -0.2) is 15.3 Å². The Morgan fingerprint density at radius 2 is 2.06 bits per heavy atom. The Hall–Kier alpha value is -1.68. The van der Waals surface area contributed by atoms with Gasteiger partial charge in [0.15, 0.2) is 0 Å². The molecule has 0 radical (unpaired) electrons. The summed E-state index contributed by atoms with van der Waals surface area (Å²) in [4.78, 5) is 0. The van der Waals surface area contributed by atoms with Gasteiger partial charge in [-0.2, -0.15) is 5.10 Å². The van der Waals surface area contributed by atoms with Crippen LogP contribution in [0.25, 0.3) is 5.69 Å². The highest BCUT2D eigenvalue weighted by Gasteiger charge is 2.39. The summed E-state index contributed by atoms with van der Waals surface area (Å²) in [6.45, 7) is 0. The van der Waals surface area contributed by atoms with Gasteiger partial charge < -0.3 is 5.73 Å². The molecule has 17 heavy (non-hydrogen) atoms. The average molecular weight is 231 g/mol. The molecule has 2 N–H and O–H groups in total. The van der Waals surface area contributed by atoms with Gasteiger partial charge in [0, 0.05) is 23.9 Å². The number of nitrogens with zero attached hydrogens (tertiary/aromatic N) is 2. The number of halogens is 1. The van der Waals surface area contributed by atoms with Crippen molar-refractivity contribution in [2.75, 3.05) is 0 Å². The second kappa shape index (κ2) is 3.67. The molecule has 4 heteroatoms. The summed E-state index contributed by atoms with van der Waals surface area (Å²) in [5.41, 5.74) is 7.44. The molecular formula is C13H14FN3. The number of hydrogen-bond donors (Lipinski definition) is 1. The predicted octanol–water partition coefficient (Wildman–Crippen LogP) is 2.05. The fraction of sp³-hybridized carbons (Fsp3) is 0.308. The van der Waals surface area contributed by atoms with Crippen molar-refractivity contribution in [3.05, 3.63) is 48.0 Å². The molecule has 0 bridgehead atoms. The average Bonchev–Trinajstić information content (AvgIpc) is 2.87. The van der Waals surface area contributed by atoms with E-state index in [1.165, 1.54) is 6.07 Å². The maximum absolute atomic E-state index is 13.7. The van der Waals surface area contributed by atoms with Crippen LogP contribution in [0.1, 0.15) is 18.5 Å². The Morgan fingerprint density at radius 3 is 2.76 bits per heavy atom. The third-order valence-corrected chi connectivity index (χ3v) is 3.23. The second-order valence-corrected chi connectivity index (χ2v) is 4.72. The first-order chi connectivity index (χ1) is 8.18. The number of benzene rings is 1. The molecule has 1 saturated carbocycles. The lowest BCUT2D eigenvalue weighted by Crippen LogP contribution is -2.26. The molecular weight excluding hydrogens is 217 g/mol. The lowest BCUT2D eigenvalue weighted by atomic mass is 10.1. The topological polar surface area (TPSA) is 43.8 Å². The van der Waals surface area contributed by atoms with Crippen LogP contribution in [0, 0.1) is 5.82 Å². The summed E-state index contributed by atoms with van der Waals surface area (Å²) in [6.07, 6.45) is 4.51. The normalized spacial score (nSPS) is 17.1. The minimum atomic E-state index is -0.265. The highest BCUT2D eigenvalue weighted by molar-refractivity contribution is 5.34. The summed E-state index contributed by atoms with van der Waals surface area (Å²) in [6, 6.07) is 8.55. The highest BCUT2D eigenvalue weighted by Crippen LogP contribution is 2.35. The molecule has 0 aliphatic heterocycles. The van der Waals surface area contributed by atoms with E-state index < -0.39 is 0 Å². The molecule has 88 valence electrons. The van der Waals surface area contributed by atoms with E-state index in [2.05, 4.69) is 5.10 Å². The van der Waals surface area contributed by atoms with Crippen LogP contribution >= 0.6 is 0 Å². The number of rotatable bonds is 3. The standard InChI is InChI=1S/C13H14FN3/c14-11-3-1-2-4-12(11)17-10(5-8-16-17)9-13(15)6-7-13/h1-5,8H,6-7,9,15H2. The monoisotopic (exact) mass is 231 g/mol. The highest BCUT2D eigenvalue weighted by atomic mass is 19.1. The molecule has 0 amide bonds. The van der Waals surface area contributed by atoms with E-state index in [1.807, 2.05) is 6.07 Å². The zero-order chi connectivity index (χ0) is 11.9. The molecule has 0 atom stereocenters. The van der Waals surface area contributed by atoms with Gasteiger partial charge in [-0.3, -0.25) is 0 Å². The molecule has 1 aromatic carbocycles. The summed E-state index contributed by atoms with van der Waals surface area (Å²) < 4.78 is 15.3. The van der Waals surface area contributed by atoms with Gasteiger partial charge in [0.25, 0.3) is 0 Å². The Labute approximate surface area is 99.1 Å². The summed E-state index contributed by atoms with van der Waals surface area (Å²) >= 11 is 0. The zero-order valence-electron chi connectivity index (χ0n) is 9.44. The summed E-state index contributed by atoms with van der Waals surface area (Å²) in [5, 5.41) is 4.18. The molecule has 1 aliphatic rings. The van der Waals surface area contributed by atoms with Crippen molar-refractivity contribution in [3.63, 3.8) is 0 Å². The first-order valence-electron chi connectivity index (χ1n) is 5.75. The van der Waals surface area contributed by atoms with Crippen LogP contribution < -0.4 is 5.73 Å². The van der Waals surface area contributed by atoms with Gasteiger partial charge in [0.1, 0.15) is 11.5 Å². The second-order valence-electron chi connectivity index (χ2n) is 4.72. The fourth-order valence-corrected chi connectivity index (χ4v) is 2.00. The minimum Gasteiger partial charge on any atom is -0.325 e. The van der Waals surface area contributed by atoms with E-state index in [0.29, 0.717) is 5.69 Å². The van der Waals surface area contributed by atoms with Crippen LogP contribution in [0.2, 0.25) is 0 Å². The number of nitrogens with two attached hydrogens (primary N) is 1. The SMILES string of the molecule is NC1(Cc2ccnn2-c2ccccc2F)CC1. The van der Waals surface area contributed by atoms with Crippen molar-refractivity contribution in [1.29, 1.82) is 0 Å². The first kappa shape index (κ1) is 10.5. The molecule has 3 nitrogen and oxygen atoms in total. The molecule has 3 rings (SSSR count). The van der Waals surface area contributed by atoms with Crippen molar-refractivity contribution in [2.24, 2.45) is 5.73 Å². The largest absolute Gasteiger partial charge is 0.325 e. The summed E-state index contributed by atoms with van der Waals surface area (Å²) in [7, 11) is 0. The Kier molecular flexibility index (Phi) is 2.26. The van der Waals surface area contributed by atoms with Crippen LogP contribution in [0.3, 0.4) is 0 Å². The van der Waals surface area contributed by atoms with Gasteiger partial charge in [-0.05, 0) is 31.0 Å². The Bertz CT molecular complexity index is 543. The van der Waals surface area contributed by atoms with E-state index in [4.69, 9.17) is 5.73 Å². The number of aromatic nitrogens is 2. The molecule has 0 unspecified atom stereocenters. The zero-order valence-corrected chi connectivity index (χ0v) is 9.44. The van der Waals surface area contributed by atoms with E-state index in [0.717, 1.165) is 25.0 Å². The van der Waals surface area contributed by atoms with Crippen molar-refractivity contribution >= 4 is 0 Å². The third kappa shape index (κ3) is 1.96. The predicted molar refractivity (Wildman–Crippen MR) is 63.4 cm³/mol. The Morgan fingerprint density at radius 1 is 1.29 bits per heavy atom. The van der Waals surface area contributed by atoms with Gasteiger partial charge in [0.2, 0.25) is 0 Å². The quantitative estimate of drug-likeness (QED) is 0.878. The van der Waals surface area contributed by atoms with E-state index >= 15 is 0 Å². The third-order valence-electron chi connectivity index (χ3n) is 3.23. The molecule has 0 spiro atoms. The maximum Gasteiger partial charge on any atom is 0.148 e. The first-order valence-corrected chi connectivity index (χ1v) is 5.75. The van der Waals surface area contributed by atoms with Crippen LogP contribution in [-0.2, 0) is 6.42 Å². The van der Waals surface area contributed by atoms with Gasteiger partial charge in [0.05, 0.1) is 0 Å². The van der Waals surface area contributed by atoms with Crippen molar-refractivity contribution < 1.29 is 4.39 Å². The summed E-state index contributed by atoms with van der Waals surface area (Å²) in [5.74, 6) is -0.265. The van der Waals surface area contributed by atoms with Crippen LogP contribution in [0.15, 0.2) is 36.5 Å². The lowest BCUT2D eigenvalue weighted by Gasteiger charge is -2.11. The van der Waals surface area contributed by atoms with Gasteiger partial charge >= 0.3 is 0 Å².